The molecule has 0 aliphatic rings. The summed E-state index contributed by atoms with van der Waals surface area (Å²) in [4.78, 5) is 69.1. The maximum absolute atomic E-state index is 12.1. The topological polar surface area (TPSA) is 251 Å². The molecule has 231 valence electrons. The number of nitro groups is 2. The van der Waals surface area contributed by atoms with Crippen molar-refractivity contribution in [2.45, 2.75) is 41.5 Å². The number of carbonyl (C=O) groups excluding carboxylic acids is 4. The van der Waals surface area contributed by atoms with Crippen molar-refractivity contribution in [3.05, 3.63) is 62.7 Å². The van der Waals surface area contributed by atoms with Crippen molar-refractivity contribution >= 4 is 61.4 Å². The Balaban J connectivity index is 0. The van der Waals surface area contributed by atoms with Gasteiger partial charge in [-0.2, -0.15) is 12.1 Å². The molecule has 2 aromatic rings. The summed E-state index contributed by atoms with van der Waals surface area (Å²) in [6.07, 6.45) is 0. The van der Waals surface area contributed by atoms with Crippen LogP contribution < -0.4 is 44.0 Å². The molecule has 4 amide bonds. The van der Waals surface area contributed by atoms with E-state index in [1.165, 1.54) is 38.1 Å². The second kappa shape index (κ2) is 20.3. The van der Waals surface area contributed by atoms with Crippen molar-refractivity contribution in [2.24, 2.45) is 11.8 Å². The van der Waals surface area contributed by atoms with Gasteiger partial charge < -0.3 is 29.7 Å². The molecule has 2 aromatic carbocycles. The van der Waals surface area contributed by atoms with Crippen LogP contribution in [0.3, 0.4) is 0 Å². The molecule has 0 heterocycles. The SMILES string of the molecule is CC(=O)N(C(=O)C(C)C)c1c[c-]cc([N+](=O)[O-])c1.CC(=O)N(C(=O)C(C)C)c1cc(O[B]O)cc([N+](=O)[O-])c1.OB(O)O.[Na+]. The first-order chi connectivity index (χ1) is 19.8. The monoisotopic (exact) mass is 627 g/mol. The van der Waals surface area contributed by atoms with E-state index in [2.05, 4.69) is 10.7 Å². The molecule has 1 radical (unpaired) electrons. The van der Waals surface area contributed by atoms with Gasteiger partial charge in [-0.15, -0.1) is 6.07 Å². The Labute approximate surface area is 275 Å². The van der Waals surface area contributed by atoms with E-state index in [-0.39, 0.29) is 64.0 Å². The number of carbonyl (C=O) groups is 4. The molecular weight excluding hydrogens is 597 g/mol. The average molecular weight is 627 g/mol. The van der Waals surface area contributed by atoms with Crippen molar-refractivity contribution in [3.8, 4) is 5.75 Å². The Bertz CT molecular complexity index is 1330. The molecule has 2 rings (SSSR count). The van der Waals surface area contributed by atoms with Gasteiger partial charge in [-0.05, 0) is 0 Å². The van der Waals surface area contributed by atoms with Gasteiger partial charge in [-0.3, -0.25) is 44.3 Å². The Morgan fingerprint density at radius 3 is 1.59 bits per heavy atom. The molecule has 0 atom stereocenters. The summed E-state index contributed by atoms with van der Waals surface area (Å²) in [7, 11) is -1.81. The van der Waals surface area contributed by atoms with E-state index in [9.17, 15) is 39.4 Å². The van der Waals surface area contributed by atoms with Crippen molar-refractivity contribution in [1.29, 1.82) is 0 Å². The first-order valence-electron chi connectivity index (χ1n) is 12.2. The Hall–Kier alpha value is -3.71. The molecule has 0 saturated heterocycles. The molecule has 0 aliphatic carbocycles. The zero-order chi connectivity index (χ0) is 33.6. The molecule has 0 bridgehead atoms. The van der Waals surface area contributed by atoms with Gasteiger partial charge >= 0.3 is 44.6 Å². The first-order valence-corrected chi connectivity index (χ1v) is 12.2. The number of nitro benzene ring substituents is 2. The van der Waals surface area contributed by atoms with Gasteiger partial charge in [0.05, 0.1) is 16.7 Å². The molecule has 0 saturated carbocycles. The van der Waals surface area contributed by atoms with E-state index in [4.69, 9.17) is 20.1 Å². The molecule has 0 aromatic heterocycles. The van der Waals surface area contributed by atoms with Crippen molar-refractivity contribution < 1.29 is 83.3 Å². The molecule has 17 nitrogen and oxygen atoms in total. The fourth-order valence-electron chi connectivity index (χ4n) is 3.06. The van der Waals surface area contributed by atoms with Crippen LogP contribution in [0.4, 0.5) is 22.7 Å². The van der Waals surface area contributed by atoms with Crippen LogP contribution in [0, 0.1) is 38.1 Å². The maximum Gasteiger partial charge on any atom is 1.00 e. The minimum absolute atomic E-state index is 0. The van der Waals surface area contributed by atoms with Gasteiger partial charge in [0.25, 0.3) is 5.69 Å². The van der Waals surface area contributed by atoms with Gasteiger partial charge in [0.2, 0.25) is 23.6 Å². The summed E-state index contributed by atoms with van der Waals surface area (Å²) >= 11 is 0. The van der Waals surface area contributed by atoms with Crippen molar-refractivity contribution in [1.82, 2.24) is 0 Å². The largest absolute Gasteiger partial charge is 1.00 e. The quantitative estimate of drug-likeness (QED) is 0.106. The Morgan fingerprint density at radius 1 is 0.818 bits per heavy atom. The van der Waals surface area contributed by atoms with Gasteiger partial charge in [-0.1, -0.05) is 39.4 Å². The predicted octanol–water partition coefficient (Wildman–Crippen LogP) is -2.08. The van der Waals surface area contributed by atoms with Crippen molar-refractivity contribution in [3.63, 3.8) is 0 Å². The minimum Gasteiger partial charge on any atom is -0.537 e. The van der Waals surface area contributed by atoms with Gasteiger partial charge in [0.1, 0.15) is 5.75 Å². The second-order valence-electron chi connectivity index (χ2n) is 8.91. The number of benzene rings is 2. The third-order valence-electron chi connectivity index (χ3n) is 4.82. The molecule has 0 aliphatic heterocycles. The summed E-state index contributed by atoms with van der Waals surface area (Å²) in [5.41, 5.74) is -0.412. The van der Waals surface area contributed by atoms with Crippen LogP contribution in [-0.4, -0.2) is 68.6 Å². The normalized spacial score (nSPS) is 9.64. The van der Waals surface area contributed by atoms with E-state index >= 15 is 0 Å². The summed E-state index contributed by atoms with van der Waals surface area (Å²) in [6.45, 7) is 8.93. The van der Waals surface area contributed by atoms with Crippen LogP contribution in [-0.2, 0) is 19.2 Å². The van der Waals surface area contributed by atoms with Crippen LogP contribution in [0.2, 0.25) is 0 Å². The fourth-order valence-corrected chi connectivity index (χ4v) is 3.06. The number of nitrogens with zero attached hydrogens (tertiary/aromatic N) is 4. The van der Waals surface area contributed by atoms with Crippen LogP contribution in [0.15, 0.2) is 36.4 Å². The van der Waals surface area contributed by atoms with E-state index in [1.807, 2.05) is 0 Å². The summed E-state index contributed by atoms with van der Waals surface area (Å²) in [5.74, 6) is -2.88. The van der Waals surface area contributed by atoms with Gasteiger partial charge in [0, 0.05) is 42.7 Å². The van der Waals surface area contributed by atoms with Crippen LogP contribution in [0.1, 0.15) is 41.5 Å². The second-order valence-corrected chi connectivity index (χ2v) is 8.91. The standard InChI is InChI=1S/C12H14BN2O6.C12H13N2O4.BH3O3.Na/c1-7(2)12(17)14(8(3)16)9-4-10(15(19)20)6-11(5-9)21-13-18;1-8(2)12(16)13(9(3)15)10-5-4-6-11(7-10)14(17)18;2-1(3)4;/h4-7,18H,1-3H3;5-8H,1-3H3;2-4H;/q;-1;;+1. The zero-order valence-electron chi connectivity index (χ0n) is 25.0. The van der Waals surface area contributed by atoms with Crippen LogP contribution in [0.5, 0.6) is 5.75 Å². The molecular formula is C24H30B2N4NaO13. The third-order valence-corrected chi connectivity index (χ3v) is 4.82. The Kier molecular flexibility index (Phi) is 19.6. The molecule has 20 heteroatoms. The summed E-state index contributed by atoms with van der Waals surface area (Å²) in [6, 6.07) is 9.69. The van der Waals surface area contributed by atoms with Crippen LogP contribution >= 0.6 is 0 Å². The number of hydrogen-bond donors (Lipinski definition) is 4. The first kappa shape index (κ1) is 42.4. The number of rotatable bonds is 8. The number of imide groups is 2. The molecule has 0 spiro atoms. The van der Waals surface area contributed by atoms with Crippen LogP contribution in [0.25, 0.3) is 0 Å². The minimum atomic E-state index is -2.17. The summed E-state index contributed by atoms with van der Waals surface area (Å²) < 4.78 is 4.68. The fraction of sp³-hybridized carbons (Fsp3) is 0.333. The molecule has 0 unspecified atom stereocenters. The number of non-ortho nitro benzene ring substituents is 2. The van der Waals surface area contributed by atoms with Crippen molar-refractivity contribution in [2.75, 3.05) is 9.80 Å². The van der Waals surface area contributed by atoms with E-state index in [0.717, 1.165) is 21.9 Å². The van der Waals surface area contributed by atoms with Gasteiger partial charge in [0.15, 0.2) is 5.69 Å². The van der Waals surface area contributed by atoms with E-state index < -0.39 is 46.7 Å². The molecule has 4 N–H and O–H groups in total. The summed E-state index contributed by atoms with van der Waals surface area (Å²) in [5, 5.41) is 51.7. The molecule has 44 heavy (non-hydrogen) atoms. The average Bonchev–Trinajstić information content (AvgIpc) is 2.88. The molecule has 0 fully saturated rings. The maximum atomic E-state index is 12.1. The van der Waals surface area contributed by atoms with E-state index in [0.29, 0.717) is 7.69 Å². The Morgan fingerprint density at radius 2 is 1.23 bits per heavy atom. The smallest absolute Gasteiger partial charge is 0.537 e. The predicted molar refractivity (Wildman–Crippen MR) is 152 cm³/mol. The number of hydrogen-bond acceptors (Lipinski definition) is 13. The third kappa shape index (κ3) is 14.2. The number of amides is 4. The van der Waals surface area contributed by atoms with E-state index in [1.54, 1.807) is 27.7 Å². The number of anilines is 2. The zero-order valence-corrected chi connectivity index (χ0v) is 27.0. The van der Waals surface area contributed by atoms with Gasteiger partial charge in [-0.25, -0.2) is 0 Å².